The fourth-order valence-corrected chi connectivity index (χ4v) is 3.26. The van der Waals surface area contributed by atoms with E-state index in [1.807, 2.05) is 62.5 Å². The zero-order valence-electron chi connectivity index (χ0n) is 12.0. The maximum Gasteiger partial charge on any atom is 0.254 e. The zero-order valence-corrected chi connectivity index (χ0v) is 12.8. The van der Waals surface area contributed by atoms with Gasteiger partial charge in [-0.05, 0) is 31.2 Å². The van der Waals surface area contributed by atoms with E-state index in [-0.39, 0.29) is 11.9 Å². The Morgan fingerprint density at radius 3 is 2.48 bits per heavy atom. The Labute approximate surface area is 127 Å². The molecule has 0 bridgehead atoms. The largest absolute Gasteiger partial charge is 0.333 e. The van der Waals surface area contributed by atoms with Gasteiger partial charge in [-0.15, -0.1) is 11.3 Å². The van der Waals surface area contributed by atoms with Crippen molar-refractivity contribution >= 4 is 27.5 Å². The lowest BCUT2D eigenvalue weighted by Gasteiger charge is -2.23. The Bertz CT molecular complexity index is 734. The van der Waals surface area contributed by atoms with E-state index < -0.39 is 0 Å². The van der Waals surface area contributed by atoms with Crippen LogP contribution in [0.5, 0.6) is 0 Å². The van der Waals surface area contributed by atoms with Gasteiger partial charge in [-0.25, -0.2) is 4.98 Å². The molecule has 1 atom stereocenters. The first-order valence-electron chi connectivity index (χ1n) is 6.84. The molecule has 0 spiro atoms. The summed E-state index contributed by atoms with van der Waals surface area (Å²) in [5, 5.41) is 0.961. The molecule has 0 fully saturated rings. The number of amides is 1. The van der Waals surface area contributed by atoms with Crippen molar-refractivity contribution < 1.29 is 4.79 Å². The van der Waals surface area contributed by atoms with Crippen molar-refractivity contribution in [1.82, 2.24) is 9.88 Å². The summed E-state index contributed by atoms with van der Waals surface area (Å²) in [6.45, 7) is 2.01. The van der Waals surface area contributed by atoms with Crippen molar-refractivity contribution in [3.8, 4) is 0 Å². The highest BCUT2D eigenvalue weighted by atomic mass is 32.1. The summed E-state index contributed by atoms with van der Waals surface area (Å²) < 4.78 is 1.15. The molecular formula is C17H16N2OS. The summed E-state index contributed by atoms with van der Waals surface area (Å²) in [6.07, 6.45) is 0. The molecule has 0 saturated heterocycles. The normalized spacial score (nSPS) is 12.3. The molecule has 1 unspecified atom stereocenters. The van der Waals surface area contributed by atoms with E-state index in [9.17, 15) is 4.79 Å². The molecule has 0 saturated carbocycles. The number of hydrogen-bond acceptors (Lipinski definition) is 3. The van der Waals surface area contributed by atoms with Gasteiger partial charge in [-0.1, -0.05) is 30.3 Å². The molecule has 106 valence electrons. The van der Waals surface area contributed by atoms with Crippen molar-refractivity contribution in [1.29, 1.82) is 0 Å². The number of hydrogen-bond donors (Lipinski definition) is 0. The van der Waals surface area contributed by atoms with Gasteiger partial charge in [0.15, 0.2) is 0 Å². The van der Waals surface area contributed by atoms with E-state index in [1.165, 1.54) is 0 Å². The van der Waals surface area contributed by atoms with E-state index in [4.69, 9.17) is 0 Å². The van der Waals surface area contributed by atoms with Crippen LogP contribution in [0.25, 0.3) is 10.2 Å². The minimum atomic E-state index is -0.0462. The summed E-state index contributed by atoms with van der Waals surface area (Å²) in [5.74, 6) is 0.0161. The lowest BCUT2D eigenvalue weighted by Crippen LogP contribution is -2.29. The molecular weight excluding hydrogens is 280 g/mol. The van der Waals surface area contributed by atoms with Crippen LogP contribution in [0, 0.1) is 0 Å². The maximum absolute atomic E-state index is 12.5. The van der Waals surface area contributed by atoms with Crippen LogP contribution < -0.4 is 0 Å². The van der Waals surface area contributed by atoms with Gasteiger partial charge in [0.2, 0.25) is 0 Å². The van der Waals surface area contributed by atoms with Crippen molar-refractivity contribution in [2.24, 2.45) is 0 Å². The Hall–Kier alpha value is -2.20. The van der Waals surface area contributed by atoms with Crippen LogP contribution in [0.15, 0.2) is 54.6 Å². The van der Waals surface area contributed by atoms with Gasteiger partial charge in [0.25, 0.3) is 5.91 Å². The van der Waals surface area contributed by atoms with Gasteiger partial charge in [0, 0.05) is 12.6 Å². The van der Waals surface area contributed by atoms with Crippen molar-refractivity contribution in [2.75, 3.05) is 7.05 Å². The summed E-state index contributed by atoms with van der Waals surface area (Å²) in [6, 6.07) is 17.3. The molecule has 0 aliphatic carbocycles. The summed E-state index contributed by atoms with van der Waals surface area (Å²) >= 11 is 1.64. The lowest BCUT2D eigenvalue weighted by molar-refractivity contribution is 0.0742. The van der Waals surface area contributed by atoms with Gasteiger partial charge < -0.3 is 4.90 Å². The molecule has 2 aromatic carbocycles. The Morgan fingerprint density at radius 2 is 1.76 bits per heavy atom. The zero-order chi connectivity index (χ0) is 14.8. The van der Waals surface area contributed by atoms with Crippen LogP contribution in [0.2, 0.25) is 0 Å². The molecule has 4 heteroatoms. The number of carbonyl (C=O) groups is 1. The van der Waals surface area contributed by atoms with Crippen LogP contribution in [-0.2, 0) is 0 Å². The number of carbonyl (C=O) groups excluding carboxylic acids is 1. The molecule has 1 aromatic heterocycles. The van der Waals surface area contributed by atoms with Crippen molar-refractivity contribution in [2.45, 2.75) is 13.0 Å². The fraction of sp³-hybridized carbons (Fsp3) is 0.176. The fourth-order valence-electron chi connectivity index (χ4n) is 2.19. The molecule has 0 aliphatic heterocycles. The van der Waals surface area contributed by atoms with E-state index in [0.29, 0.717) is 5.56 Å². The monoisotopic (exact) mass is 296 g/mol. The third-order valence-electron chi connectivity index (χ3n) is 3.59. The van der Waals surface area contributed by atoms with E-state index in [2.05, 4.69) is 11.1 Å². The van der Waals surface area contributed by atoms with E-state index >= 15 is 0 Å². The topological polar surface area (TPSA) is 33.2 Å². The number of aromatic nitrogens is 1. The van der Waals surface area contributed by atoms with Crippen LogP contribution in [-0.4, -0.2) is 22.8 Å². The summed E-state index contributed by atoms with van der Waals surface area (Å²) in [5.41, 5.74) is 1.69. The van der Waals surface area contributed by atoms with Crippen LogP contribution in [0.3, 0.4) is 0 Å². The quantitative estimate of drug-likeness (QED) is 0.728. The highest BCUT2D eigenvalue weighted by Crippen LogP contribution is 2.29. The molecule has 1 heterocycles. The second kappa shape index (κ2) is 5.66. The minimum Gasteiger partial charge on any atom is -0.333 e. The summed E-state index contributed by atoms with van der Waals surface area (Å²) in [7, 11) is 1.83. The molecule has 21 heavy (non-hydrogen) atoms. The Kier molecular flexibility index (Phi) is 3.71. The molecule has 3 nitrogen and oxygen atoms in total. The number of nitrogens with zero attached hydrogens (tertiary/aromatic N) is 2. The second-order valence-corrected chi connectivity index (χ2v) is 6.04. The predicted molar refractivity (Wildman–Crippen MR) is 86.6 cm³/mol. The average Bonchev–Trinajstić information content (AvgIpc) is 2.97. The SMILES string of the molecule is CC(c1nc2ccccc2s1)N(C)C(=O)c1ccccc1. The number of thiazole rings is 1. The number of para-hydroxylation sites is 1. The standard InChI is InChI=1S/C17H16N2OS/c1-12(16-18-14-10-6-7-11-15(14)21-16)19(2)17(20)13-8-4-3-5-9-13/h3-12H,1-2H3. The molecule has 0 aliphatic rings. The molecule has 1 amide bonds. The van der Waals surface area contributed by atoms with E-state index in [0.717, 1.165) is 15.2 Å². The molecule has 3 rings (SSSR count). The Morgan fingerprint density at radius 1 is 1.10 bits per heavy atom. The summed E-state index contributed by atoms with van der Waals surface area (Å²) in [4.78, 5) is 18.9. The number of benzene rings is 2. The second-order valence-electron chi connectivity index (χ2n) is 4.98. The molecule has 0 radical (unpaired) electrons. The van der Waals surface area contributed by atoms with Gasteiger partial charge in [-0.3, -0.25) is 4.79 Å². The van der Waals surface area contributed by atoms with Gasteiger partial charge >= 0.3 is 0 Å². The van der Waals surface area contributed by atoms with Crippen LogP contribution >= 0.6 is 11.3 Å². The van der Waals surface area contributed by atoms with Gasteiger partial charge in [0.05, 0.1) is 16.3 Å². The minimum absolute atomic E-state index is 0.0161. The van der Waals surface area contributed by atoms with Gasteiger partial charge in [0.1, 0.15) is 5.01 Å². The highest BCUT2D eigenvalue weighted by Gasteiger charge is 2.21. The van der Waals surface area contributed by atoms with Gasteiger partial charge in [-0.2, -0.15) is 0 Å². The lowest BCUT2D eigenvalue weighted by atomic mass is 10.2. The first-order valence-corrected chi connectivity index (χ1v) is 7.66. The predicted octanol–water partition coefficient (Wildman–Crippen LogP) is 4.13. The highest BCUT2D eigenvalue weighted by molar-refractivity contribution is 7.18. The van der Waals surface area contributed by atoms with Crippen molar-refractivity contribution in [3.63, 3.8) is 0 Å². The molecule has 0 N–H and O–H groups in total. The maximum atomic E-state index is 12.5. The number of fused-ring (bicyclic) bond motifs is 1. The van der Waals surface area contributed by atoms with Crippen LogP contribution in [0.1, 0.15) is 28.3 Å². The molecule has 3 aromatic rings. The Balaban J connectivity index is 1.87. The first-order chi connectivity index (χ1) is 10.2. The first kappa shape index (κ1) is 13.8. The smallest absolute Gasteiger partial charge is 0.254 e. The van der Waals surface area contributed by atoms with Crippen LogP contribution in [0.4, 0.5) is 0 Å². The third-order valence-corrected chi connectivity index (χ3v) is 4.80. The van der Waals surface area contributed by atoms with E-state index in [1.54, 1.807) is 16.2 Å². The number of rotatable bonds is 3. The average molecular weight is 296 g/mol. The third kappa shape index (κ3) is 2.67. The van der Waals surface area contributed by atoms with Crippen molar-refractivity contribution in [3.05, 3.63) is 65.2 Å².